The van der Waals surface area contributed by atoms with Crippen molar-refractivity contribution in [3.8, 4) is 11.4 Å². The first-order valence-electron chi connectivity index (χ1n) is 9.40. The molecule has 0 aliphatic carbocycles. The van der Waals surface area contributed by atoms with E-state index < -0.39 is 0 Å². The van der Waals surface area contributed by atoms with Crippen LogP contribution in [0.5, 0.6) is 0 Å². The molecule has 0 bridgehead atoms. The maximum absolute atomic E-state index is 13.3. The molecule has 0 unspecified atom stereocenters. The lowest BCUT2D eigenvalue weighted by atomic mass is 10.2. The summed E-state index contributed by atoms with van der Waals surface area (Å²) in [6.07, 6.45) is 3.69. The van der Waals surface area contributed by atoms with E-state index in [-0.39, 0.29) is 11.8 Å². The second kappa shape index (κ2) is 8.96. The molecular weight excluding hydrogens is 401 g/mol. The monoisotopic (exact) mass is 421 g/mol. The second-order valence-corrected chi connectivity index (χ2v) is 7.43. The Morgan fingerprint density at radius 3 is 2.77 bits per heavy atom. The molecule has 2 heterocycles. The SMILES string of the molecule is CSc1cccc(NC(=O)NCCn2c(-c3ccc(F)cc3)nc3cccnc32)c1. The number of thioether (sulfide) groups is 1. The lowest BCUT2D eigenvalue weighted by Gasteiger charge is -2.11. The summed E-state index contributed by atoms with van der Waals surface area (Å²) < 4.78 is 15.3. The molecule has 2 aromatic carbocycles. The van der Waals surface area contributed by atoms with Gasteiger partial charge in [0.15, 0.2) is 5.65 Å². The fourth-order valence-electron chi connectivity index (χ4n) is 3.15. The van der Waals surface area contributed by atoms with Crippen molar-refractivity contribution in [2.45, 2.75) is 11.4 Å². The maximum atomic E-state index is 13.3. The minimum atomic E-state index is -0.302. The number of nitrogens with one attached hydrogen (secondary N) is 2. The zero-order valence-electron chi connectivity index (χ0n) is 16.3. The number of benzene rings is 2. The zero-order valence-corrected chi connectivity index (χ0v) is 17.1. The van der Waals surface area contributed by atoms with Crippen LogP contribution in [-0.2, 0) is 6.54 Å². The molecule has 0 saturated carbocycles. The van der Waals surface area contributed by atoms with Crippen LogP contribution in [0.3, 0.4) is 0 Å². The van der Waals surface area contributed by atoms with Crippen LogP contribution in [0.2, 0.25) is 0 Å². The van der Waals surface area contributed by atoms with Gasteiger partial charge in [0.25, 0.3) is 0 Å². The number of amides is 2. The summed E-state index contributed by atoms with van der Waals surface area (Å²) in [4.78, 5) is 22.4. The molecule has 6 nitrogen and oxygen atoms in total. The minimum absolute atomic E-state index is 0.283. The number of aromatic nitrogens is 3. The van der Waals surface area contributed by atoms with Gasteiger partial charge in [0.05, 0.1) is 0 Å². The Morgan fingerprint density at radius 2 is 1.97 bits per heavy atom. The highest BCUT2D eigenvalue weighted by Gasteiger charge is 2.14. The predicted molar refractivity (Wildman–Crippen MR) is 118 cm³/mol. The molecule has 2 N–H and O–H groups in total. The molecule has 0 spiro atoms. The minimum Gasteiger partial charge on any atom is -0.336 e. The van der Waals surface area contributed by atoms with E-state index in [1.807, 2.05) is 47.2 Å². The van der Waals surface area contributed by atoms with E-state index in [2.05, 4.69) is 20.6 Å². The Bertz CT molecular complexity index is 1180. The zero-order chi connectivity index (χ0) is 20.9. The molecular formula is C22H20FN5OS. The summed E-state index contributed by atoms with van der Waals surface area (Å²) in [5.74, 6) is 0.377. The molecule has 4 rings (SSSR count). The van der Waals surface area contributed by atoms with Crippen molar-refractivity contribution in [2.75, 3.05) is 18.1 Å². The van der Waals surface area contributed by atoms with Gasteiger partial charge in [0.2, 0.25) is 0 Å². The van der Waals surface area contributed by atoms with Crippen molar-refractivity contribution in [3.05, 3.63) is 72.7 Å². The van der Waals surface area contributed by atoms with Gasteiger partial charge in [-0.3, -0.25) is 0 Å². The van der Waals surface area contributed by atoms with Crippen molar-refractivity contribution >= 4 is 34.6 Å². The van der Waals surface area contributed by atoms with Gasteiger partial charge < -0.3 is 15.2 Å². The van der Waals surface area contributed by atoms with Crippen LogP contribution in [-0.4, -0.2) is 33.4 Å². The van der Waals surface area contributed by atoms with Crippen molar-refractivity contribution in [1.82, 2.24) is 19.9 Å². The number of anilines is 1. The molecule has 8 heteroatoms. The topological polar surface area (TPSA) is 71.8 Å². The number of nitrogens with zero attached hydrogens (tertiary/aromatic N) is 3. The van der Waals surface area contributed by atoms with Gasteiger partial charge in [0.1, 0.15) is 17.2 Å². The lowest BCUT2D eigenvalue weighted by Crippen LogP contribution is -2.31. The van der Waals surface area contributed by atoms with E-state index in [4.69, 9.17) is 0 Å². The molecule has 2 amide bonds. The average Bonchev–Trinajstić information content (AvgIpc) is 3.13. The van der Waals surface area contributed by atoms with Gasteiger partial charge in [-0.25, -0.2) is 19.2 Å². The number of hydrogen-bond donors (Lipinski definition) is 2. The highest BCUT2D eigenvalue weighted by molar-refractivity contribution is 7.98. The number of pyridine rings is 1. The summed E-state index contributed by atoms with van der Waals surface area (Å²) in [6.45, 7) is 0.850. The number of carbonyl (C=O) groups is 1. The Kier molecular flexibility index (Phi) is 5.94. The lowest BCUT2D eigenvalue weighted by molar-refractivity contribution is 0.251. The Labute approximate surface area is 177 Å². The van der Waals surface area contributed by atoms with E-state index >= 15 is 0 Å². The van der Waals surface area contributed by atoms with Crippen molar-refractivity contribution in [3.63, 3.8) is 0 Å². The van der Waals surface area contributed by atoms with Gasteiger partial charge in [0, 0.05) is 35.4 Å². The summed E-state index contributed by atoms with van der Waals surface area (Å²) in [5.41, 5.74) is 2.98. The normalized spacial score (nSPS) is 10.9. The van der Waals surface area contributed by atoms with E-state index in [1.54, 1.807) is 30.1 Å². The molecule has 0 saturated heterocycles. The predicted octanol–water partition coefficient (Wildman–Crippen LogP) is 4.78. The van der Waals surface area contributed by atoms with Crippen LogP contribution in [0.25, 0.3) is 22.6 Å². The van der Waals surface area contributed by atoms with Crippen LogP contribution in [0.15, 0.2) is 71.8 Å². The molecule has 0 atom stereocenters. The highest BCUT2D eigenvalue weighted by Crippen LogP contribution is 2.24. The highest BCUT2D eigenvalue weighted by atomic mass is 32.2. The summed E-state index contributed by atoms with van der Waals surface area (Å²) >= 11 is 1.62. The van der Waals surface area contributed by atoms with Gasteiger partial charge in [-0.1, -0.05) is 6.07 Å². The number of halogens is 1. The fraction of sp³-hybridized carbons (Fsp3) is 0.136. The van der Waals surface area contributed by atoms with Crippen LogP contribution in [0.1, 0.15) is 0 Å². The number of imidazole rings is 1. The molecule has 0 aliphatic rings. The van der Waals surface area contributed by atoms with E-state index in [1.165, 1.54) is 12.1 Å². The molecule has 2 aromatic heterocycles. The smallest absolute Gasteiger partial charge is 0.319 e. The first kappa shape index (κ1) is 19.9. The Morgan fingerprint density at radius 1 is 1.13 bits per heavy atom. The largest absolute Gasteiger partial charge is 0.336 e. The number of fused-ring (bicyclic) bond motifs is 1. The van der Waals surface area contributed by atoms with E-state index in [9.17, 15) is 9.18 Å². The van der Waals surface area contributed by atoms with Crippen LogP contribution in [0.4, 0.5) is 14.9 Å². The summed E-state index contributed by atoms with van der Waals surface area (Å²) in [6, 6.07) is 17.3. The van der Waals surface area contributed by atoms with Crippen LogP contribution in [0, 0.1) is 5.82 Å². The number of rotatable bonds is 6. The quantitative estimate of drug-likeness (QED) is 0.440. The van der Waals surface area contributed by atoms with Gasteiger partial charge in [-0.05, 0) is 60.9 Å². The van der Waals surface area contributed by atoms with Crippen molar-refractivity contribution in [2.24, 2.45) is 0 Å². The molecule has 152 valence electrons. The fourth-order valence-corrected chi connectivity index (χ4v) is 3.61. The van der Waals surface area contributed by atoms with Gasteiger partial charge in [-0.2, -0.15) is 0 Å². The molecule has 0 fully saturated rings. The third kappa shape index (κ3) is 4.44. The van der Waals surface area contributed by atoms with Gasteiger partial charge >= 0.3 is 6.03 Å². The Hall–Kier alpha value is -3.39. The summed E-state index contributed by atoms with van der Waals surface area (Å²) in [5, 5.41) is 5.71. The van der Waals surface area contributed by atoms with E-state index in [0.717, 1.165) is 21.7 Å². The third-order valence-corrected chi connectivity index (χ3v) is 5.28. The van der Waals surface area contributed by atoms with Crippen LogP contribution >= 0.6 is 11.8 Å². The maximum Gasteiger partial charge on any atom is 0.319 e. The molecule has 30 heavy (non-hydrogen) atoms. The Balaban J connectivity index is 1.48. The molecule has 0 aliphatic heterocycles. The first-order chi connectivity index (χ1) is 14.6. The number of hydrogen-bond acceptors (Lipinski definition) is 4. The number of urea groups is 1. The second-order valence-electron chi connectivity index (χ2n) is 6.55. The number of carbonyl (C=O) groups excluding carboxylic acids is 1. The molecule has 4 aromatic rings. The van der Waals surface area contributed by atoms with Gasteiger partial charge in [-0.15, -0.1) is 11.8 Å². The van der Waals surface area contributed by atoms with Crippen molar-refractivity contribution < 1.29 is 9.18 Å². The average molecular weight is 422 g/mol. The summed E-state index contributed by atoms with van der Waals surface area (Å²) in [7, 11) is 0. The third-order valence-electron chi connectivity index (χ3n) is 4.55. The van der Waals surface area contributed by atoms with Crippen LogP contribution < -0.4 is 10.6 Å². The van der Waals surface area contributed by atoms with E-state index in [0.29, 0.717) is 24.6 Å². The standard InChI is InChI=1S/C22H20FN5OS/c1-30-18-5-2-4-17(14-18)26-22(29)25-12-13-28-20(15-7-9-16(23)10-8-15)27-19-6-3-11-24-21(19)28/h2-11,14H,12-13H2,1H3,(H2,25,26,29). The molecule has 0 radical (unpaired) electrons. The van der Waals surface area contributed by atoms with Crippen molar-refractivity contribution in [1.29, 1.82) is 0 Å². The first-order valence-corrected chi connectivity index (χ1v) is 10.6.